The predicted molar refractivity (Wildman–Crippen MR) is 76.2 cm³/mol. The van der Waals surface area contributed by atoms with Crippen LogP contribution >= 0.6 is 15.9 Å². The summed E-state index contributed by atoms with van der Waals surface area (Å²) in [5.74, 6) is 6.29. The first-order valence-corrected chi connectivity index (χ1v) is 8.77. The van der Waals surface area contributed by atoms with Gasteiger partial charge in [-0.3, -0.25) is 0 Å². The van der Waals surface area contributed by atoms with Crippen molar-refractivity contribution in [2.24, 2.45) is 17.3 Å². The van der Waals surface area contributed by atoms with Crippen LogP contribution in [0.2, 0.25) is 0 Å². The molecule has 2 nitrogen and oxygen atoms in total. The highest BCUT2D eigenvalue weighted by atomic mass is 79.9. The maximum absolute atomic E-state index is 13.0. The Kier molecular flexibility index (Phi) is 2.06. The fourth-order valence-corrected chi connectivity index (χ4v) is 12.0. The van der Waals surface area contributed by atoms with E-state index >= 15 is 0 Å². The number of halogens is 1. The van der Waals surface area contributed by atoms with Crippen LogP contribution < -0.4 is 0 Å². The summed E-state index contributed by atoms with van der Waals surface area (Å²) in [5.41, 5.74) is -0.239. The molecule has 2 aliphatic carbocycles. The lowest BCUT2D eigenvalue weighted by Gasteiger charge is -2.28. The van der Waals surface area contributed by atoms with Gasteiger partial charge in [0.2, 0.25) is 0 Å². The van der Waals surface area contributed by atoms with Gasteiger partial charge in [-0.05, 0) is 26.7 Å². The summed E-state index contributed by atoms with van der Waals surface area (Å²) >= 11 is 3.84. The molecule has 2 saturated heterocycles. The van der Waals surface area contributed by atoms with Crippen molar-refractivity contribution in [2.75, 3.05) is 0 Å². The highest BCUT2D eigenvalue weighted by molar-refractivity contribution is 9.10. The van der Waals surface area contributed by atoms with E-state index in [0.29, 0.717) is 0 Å². The normalized spacial score (nSPS) is 62.3. The van der Waals surface area contributed by atoms with E-state index in [9.17, 15) is 8.42 Å². The maximum atomic E-state index is 13.0. The molecule has 2 saturated carbocycles. The van der Waals surface area contributed by atoms with Crippen molar-refractivity contribution in [1.29, 1.82) is 0 Å². The second-order valence-corrected chi connectivity index (χ2v) is 10.4. The first-order valence-electron chi connectivity index (χ1n) is 6.49. The van der Waals surface area contributed by atoms with Crippen LogP contribution in [0.15, 0.2) is 0 Å². The Balaban J connectivity index is 2.40. The average Bonchev–Trinajstić information content (AvgIpc) is 2.51. The van der Waals surface area contributed by atoms with E-state index in [1.807, 2.05) is 13.8 Å². The second kappa shape index (κ2) is 2.86. The lowest BCUT2D eigenvalue weighted by atomic mass is 9.79. The molecule has 0 spiro atoms. The van der Waals surface area contributed by atoms with Gasteiger partial charge in [0.1, 0.15) is 0 Å². The number of sulfone groups is 1. The van der Waals surface area contributed by atoms with Gasteiger partial charge in [0.25, 0.3) is 0 Å². The standard InChI is InChI=1S/C14H19BrO2S/c1-6-8-10-11(3)9(7-2)14(15)12(10,4)13(14,5)18(11,16)17/h9-10H,7H2,1-5H3/t9-,10-,11-,12-,13+,14+/m1/s1. The summed E-state index contributed by atoms with van der Waals surface area (Å²) in [6.45, 7) is 9.84. The minimum atomic E-state index is -3.15. The van der Waals surface area contributed by atoms with Crippen molar-refractivity contribution >= 4 is 25.8 Å². The van der Waals surface area contributed by atoms with Gasteiger partial charge in [0.15, 0.2) is 9.84 Å². The molecule has 0 radical (unpaired) electrons. The van der Waals surface area contributed by atoms with E-state index in [-0.39, 0.29) is 21.6 Å². The third kappa shape index (κ3) is 0.693. The summed E-state index contributed by atoms with van der Waals surface area (Å²) < 4.78 is 24.4. The van der Waals surface area contributed by atoms with Gasteiger partial charge >= 0.3 is 0 Å². The SMILES string of the molecule is CC#C[C@H]1[C@@]2(C)[C@@]3(Br)[C@H](CC)[C@@]1(C)S(=O)(=O)[C@@]23C. The molecular formula is C14H19BrO2S. The molecule has 0 aromatic rings. The second-order valence-electron chi connectivity index (χ2n) is 6.42. The molecule has 4 bridgehead atoms. The third-order valence-corrected chi connectivity index (χ3v) is 12.4. The quantitative estimate of drug-likeness (QED) is 0.547. The molecule has 0 unspecified atom stereocenters. The topological polar surface area (TPSA) is 34.1 Å². The van der Waals surface area contributed by atoms with Gasteiger partial charge in [0, 0.05) is 11.3 Å². The Labute approximate surface area is 118 Å². The first-order chi connectivity index (χ1) is 8.14. The molecule has 100 valence electrons. The Bertz CT molecular complexity index is 615. The molecule has 4 fully saturated rings. The van der Waals surface area contributed by atoms with Gasteiger partial charge < -0.3 is 0 Å². The van der Waals surface area contributed by atoms with Gasteiger partial charge in [-0.25, -0.2) is 8.42 Å². The molecule has 0 aromatic carbocycles. The van der Waals surface area contributed by atoms with Crippen LogP contribution in [0, 0.1) is 29.1 Å². The van der Waals surface area contributed by atoms with Gasteiger partial charge in [-0.15, -0.1) is 5.92 Å². The molecule has 2 aliphatic heterocycles. The van der Waals surface area contributed by atoms with E-state index in [4.69, 9.17) is 0 Å². The smallest absolute Gasteiger partial charge is 0.164 e. The Morgan fingerprint density at radius 3 is 2.17 bits per heavy atom. The average molecular weight is 331 g/mol. The van der Waals surface area contributed by atoms with Crippen LogP contribution in [-0.2, 0) is 9.84 Å². The van der Waals surface area contributed by atoms with Crippen LogP contribution in [0.5, 0.6) is 0 Å². The fourth-order valence-electron chi connectivity index (χ4n) is 5.61. The Hall–Kier alpha value is -0.0100. The van der Waals surface area contributed by atoms with Gasteiger partial charge in [-0.2, -0.15) is 0 Å². The largest absolute Gasteiger partial charge is 0.228 e. The van der Waals surface area contributed by atoms with Crippen molar-refractivity contribution < 1.29 is 8.42 Å². The number of hydrogen-bond acceptors (Lipinski definition) is 2. The van der Waals surface area contributed by atoms with Crippen LogP contribution in [-0.4, -0.2) is 22.2 Å². The van der Waals surface area contributed by atoms with Gasteiger partial charge in [-0.1, -0.05) is 42.1 Å². The van der Waals surface area contributed by atoms with E-state index in [0.717, 1.165) is 6.42 Å². The van der Waals surface area contributed by atoms with Crippen molar-refractivity contribution in [2.45, 2.75) is 54.9 Å². The van der Waals surface area contributed by atoms with Crippen LogP contribution in [0.1, 0.15) is 41.0 Å². The van der Waals surface area contributed by atoms with E-state index < -0.39 is 19.3 Å². The number of alkyl halides is 1. The molecule has 4 heteroatoms. The predicted octanol–water partition coefficient (Wildman–Crippen LogP) is 2.77. The van der Waals surface area contributed by atoms with Crippen LogP contribution in [0.3, 0.4) is 0 Å². The molecular weight excluding hydrogens is 312 g/mol. The zero-order chi connectivity index (χ0) is 13.8. The van der Waals surface area contributed by atoms with E-state index in [2.05, 4.69) is 41.6 Å². The van der Waals surface area contributed by atoms with Gasteiger partial charge in [0.05, 0.1) is 13.8 Å². The monoisotopic (exact) mass is 330 g/mol. The van der Waals surface area contributed by atoms with Crippen LogP contribution in [0.4, 0.5) is 0 Å². The highest BCUT2D eigenvalue weighted by Gasteiger charge is 3.05. The van der Waals surface area contributed by atoms with Crippen molar-refractivity contribution in [3.8, 4) is 11.8 Å². The molecule has 0 amide bonds. The van der Waals surface area contributed by atoms with Crippen LogP contribution in [0.25, 0.3) is 0 Å². The molecule has 4 aliphatic rings. The molecule has 0 aromatic heterocycles. The number of rotatable bonds is 1. The summed E-state index contributed by atoms with van der Waals surface area (Å²) in [5, 5.41) is 0. The molecule has 4 rings (SSSR count). The molecule has 6 atom stereocenters. The molecule has 0 N–H and O–H groups in total. The summed E-state index contributed by atoms with van der Waals surface area (Å²) in [4.78, 5) is 0. The molecule has 18 heavy (non-hydrogen) atoms. The van der Waals surface area contributed by atoms with E-state index in [1.165, 1.54) is 0 Å². The van der Waals surface area contributed by atoms with Crippen molar-refractivity contribution in [3.63, 3.8) is 0 Å². The zero-order valence-corrected chi connectivity index (χ0v) is 13.9. The first kappa shape index (κ1) is 13.0. The Morgan fingerprint density at radius 1 is 1.28 bits per heavy atom. The highest BCUT2D eigenvalue weighted by Crippen LogP contribution is 2.94. The summed E-state index contributed by atoms with van der Waals surface area (Å²) in [7, 11) is -3.15. The lowest BCUT2D eigenvalue weighted by molar-refractivity contribution is 0.353. The zero-order valence-electron chi connectivity index (χ0n) is 11.5. The lowest BCUT2D eigenvalue weighted by Crippen LogP contribution is -2.39. The third-order valence-electron chi connectivity index (χ3n) is 6.51. The minimum absolute atomic E-state index is 0.0469. The maximum Gasteiger partial charge on any atom is 0.164 e. The summed E-state index contributed by atoms with van der Waals surface area (Å²) in [6.07, 6.45) is 0.883. The fraction of sp³-hybridized carbons (Fsp3) is 0.857. The number of hydrogen-bond donors (Lipinski definition) is 0. The minimum Gasteiger partial charge on any atom is -0.228 e. The van der Waals surface area contributed by atoms with Crippen molar-refractivity contribution in [1.82, 2.24) is 0 Å². The van der Waals surface area contributed by atoms with Crippen molar-refractivity contribution in [3.05, 3.63) is 0 Å². The van der Waals surface area contributed by atoms with E-state index in [1.54, 1.807) is 6.92 Å². The molecule has 2 heterocycles. The summed E-state index contributed by atoms with van der Waals surface area (Å²) in [6, 6.07) is 0. The Morgan fingerprint density at radius 2 is 1.83 bits per heavy atom.